The summed E-state index contributed by atoms with van der Waals surface area (Å²) in [6, 6.07) is 0. The first-order chi connectivity index (χ1) is 9.51. The summed E-state index contributed by atoms with van der Waals surface area (Å²) in [7, 11) is 0. The van der Waals surface area contributed by atoms with Gasteiger partial charge in [-0.1, -0.05) is 6.08 Å². The zero-order chi connectivity index (χ0) is 14.9. The van der Waals surface area contributed by atoms with Crippen LogP contribution in [0.1, 0.15) is 6.23 Å². The van der Waals surface area contributed by atoms with Crippen LogP contribution in [0.4, 0.5) is 0 Å². The van der Waals surface area contributed by atoms with Crippen molar-refractivity contribution in [1.82, 2.24) is 14.3 Å². The normalized spacial score (nSPS) is 29.6. The number of allylic oxidation sites excluding steroid dienone is 1. The van der Waals surface area contributed by atoms with Crippen LogP contribution in [0.2, 0.25) is 0 Å². The SMILES string of the molecule is C=CCn1c(=O)cnn([C@@H]2O[C@H](CO)[C@@H](O)[C@H]2O)c1=O. The Bertz CT molecular complexity index is 609. The van der Waals surface area contributed by atoms with Crippen molar-refractivity contribution < 1.29 is 20.1 Å². The van der Waals surface area contributed by atoms with Gasteiger partial charge in [-0.15, -0.1) is 6.58 Å². The third kappa shape index (κ3) is 2.31. The lowest BCUT2D eigenvalue weighted by atomic mass is 10.1. The van der Waals surface area contributed by atoms with Crippen molar-refractivity contribution in [3.8, 4) is 0 Å². The summed E-state index contributed by atoms with van der Waals surface area (Å²) < 4.78 is 6.80. The zero-order valence-electron chi connectivity index (χ0n) is 10.5. The van der Waals surface area contributed by atoms with Crippen molar-refractivity contribution in [2.24, 2.45) is 0 Å². The van der Waals surface area contributed by atoms with Gasteiger partial charge in [0.1, 0.15) is 24.5 Å². The van der Waals surface area contributed by atoms with E-state index in [1.165, 1.54) is 6.08 Å². The number of nitrogens with zero attached hydrogens (tertiary/aromatic N) is 3. The molecule has 4 atom stereocenters. The summed E-state index contributed by atoms with van der Waals surface area (Å²) in [5.41, 5.74) is -1.41. The summed E-state index contributed by atoms with van der Waals surface area (Å²) in [5.74, 6) is 0. The Morgan fingerprint density at radius 3 is 2.65 bits per heavy atom. The minimum absolute atomic E-state index is 0.0189. The van der Waals surface area contributed by atoms with Crippen molar-refractivity contribution in [1.29, 1.82) is 0 Å². The lowest BCUT2D eigenvalue weighted by Gasteiger charge is -2.16. The molecule has 0 aliphatic carbocycles. The monoisotopic (exact) mass is 285 g/mol. The Morgan fingerprint density at radius 2 is 2.10 bits per heavy atom. The molecule has 20 heavy (non-hydrogen) atoms. The number of aromatic nitrogens is 3. The summed E-state index contributed by atoms with van der Waals surface area (Å²) in [6.07, 6.45) is -2.82. The van der Waals surface area contributed by atoms with Crippen LogP contribution >= 0.6 is 0 Å². The molecule has 1 aliphatic heterocycles. The van der Waals surface area contributed by atoms with Gasteiger partial charge in [-0.05, 0) is 0 Å². The molecule has 0 saturated carbocycles. The molecule has 0 spiro atoms. The predicted molar refractivity (Wildman–Crippen MR) is 66.0 cm³/mol. The number of rotatable bonds is 4. The van der Waals surface area contributed by atoms with Crippen LogP contribution in [-0.4, -0.2) is 54.6 Å². The minimum atomic E-state index is -1.44. The molecule has 3 N–H and O–H groups in total. The van der Waals surface area contributed by atoms with Gasteiger partial charge in [-0.25, -0.2) is 4.79 Å². The van der Waals surface area contributed by atoms with E-state index in [0.717, 1.165) is 15.4 Å². The molecule has 0 radical (unpaired) electrons. The Morgan fingerprint density at radius 1 is 1.40 bits per heavy atom. The van der Waals surface area contributed by atoms with Gasteiger partial charge >= 0.3 is 5.69 Å². The molecule has 1 saturated heterocycles. The Kier molecular flexibility index (Phi) is 4.14. The maximum absolute atomic E-state index is 12.1. The average Bonchev–Trinajstić information content (AvgIpc) is 2.71. The molecule has 1 aromatic heterocycles. The largest absolute Gasteiger partial charge is 0.394 e. The molecule has 0 amide bonds. The van der Waals surface area contributed by atoms with Gasteiger partial charge in [0.15, 0.2) is 6.23 Å². The zero-order valence-corrected chi connectivity index (χ0v) is 10.5. The first-order valence-electron chi connectivity index (χ1n) is 5.93. The van der Waals surface area contributed by atoms with Crippen molar-refractivity contribution in [2.75, 3.05) is 6.61 Å². The van der Waals surface area contributed by atoms with Crippen molar-refractivity contribution in [3.63, 3.8) is 0 Å². The van der Waals surface area contributed by atoms with Gasteiger partial charge in [-0.3, -0.25) is 9.36 Å². The van der Waals surface area contributed by atoms with Crippen LogP contribution < -0.4 is 11.2 Å². The molecule has 9 nitrogen and oxygen atoms in total. The number of aliphatic hydroxyl groups excluding tert-OH is 3. The molecule has 2 heterocycles. The van der Waals surface area contributed by atoms with Crippen LogP contribution in [0.3, 0.4) is 0 Å². The van der Waals surface area contributed by atoms with Crippen LogP contribution in [0, 0.1) is 0 Å². The van der Waals surface area contributed by atoms with E-state index in [0.29, 0.717) is 0 Å². The standard InChI is InChI=1S/C11H15N3O6/c1-2-3-13-7(16)4-12-14(11(13)19)10-9(18)8(17)6(5-15)20-10/h2,4,6,8-10,15,17-18H,1,3,5H2/t6-,8-,9-,10-/m1/s1. The predicted octanol–water partition coefficient (Wildman–Crippen LogP) is -2.80. The van der Waals surface area contributed by atoms with E-state index < -0.39 is 42.4 Å². The molecule has 1 aliphatic rings. The highest BCUT2D eigenvalue weighted by Gasteiger charge is 2.44. The quantitative estimate of drug-likeness (QED) is 0.510. The summed E-state index contributed by atoms with van der Waals surface area (Å²) in [6.45, 7) is 2.90. The van der Waals surface area contributed by atoms with Gasteiger partial charge in [0, 0.05) is 6.54 Å². The molecular weight excluding hydrogens is 270 g/mol. The lowest BCUT2D eigenvalue weighted by molar-refractivity contribution is -0.0624. The lowest BCUT2D eigenvalue weighted by Crippen LogP contribution is -2.44. The van der Waals surface area contributed by atoms with E-state index >= 15 is 0 Å². The van der Waals surface area contributed by atoms with E-state index in [2.05, 4.69) is 11.7 Å². The maximum Gasteiger partial charge on any atom is 0.350 e. The van der Waals surface area contributed by atoms with Crippen LogP contribution in [0.5, 0.6) is 0 Å². The van der Waals surface area contributed by atoms with E-state index in [1.54, 1.807) is 0 Å². The highest BCUT2D eigenvalue weighted by atomic mass is 16.6. The number of hydrogen-bond acceptors (Lipinski definition) is 7. The Hall–Kier alpha value is -1.81. The molecule has 0 aromatic carbocycles. The average molecular weight is 285 g/mol. The van der Waals surface area contributed by atoms with E-state index in [9.17, 15) is 19.8 Å². The highest BCUT2D eigenvalue weighted by molar-refractivity contribution is 4.90. The fourth-order valence-electron chi connectivity index (χ4n) is 2.00. The fraction of sp³-hybridized carbons (Fsp3) is 0.545. The first kappa shape index (κ1) is 14.6. The van der Waals surface area contributed by atoms with Crippen LogP contribution in [-0.2, 0) is 11.3 Å². The second-order valence-corrected chi connectivity index (χ2v) is 4.34. The summed E-state index contributed by atoms with van der Waals surface area (Å²) in [5, 5.41) is 32.1. The molecule has 1 aromatic rings. The smallest absolute Gasteiger partial charge is 0.350 e. The molecule has 0 unspecified atom stereocenters. The third-order valence-corrected chi connectivity index (χ3v) is 3.06. The maximum atomic E-state index is 12.1. The van der Waals surface area contributed by atoms with Crippen molar-refractivity contribution >= 4 is 0 Å². The van der Waals surface area contributed by atoms with Crippen molar-refractivity contribution in [3.05, 3.63) is 39.7 Å². The van der Waals surface area contributed by atoms with Crippen LogP contribution in [0.25, 0.3) is 0 Å². The van der Waals surface area contributed by atoms with Gasteiger partial charge in [0.25, 0.3) is 5.56 Å². The highest BCUT2D eigenvalue weighted by Crippen LogP contribution is 2.27. The molecule has 1 fully saturated rings. The Balaban J connectivity index is 2.44. The molecule has 0 bridgehead atoms. The molecular formula is C11H15N3O6. The number of ether oxygens (including phenoxy) is 1. The van der Waals surface area contributed by atoms with Gasteiger partial charge in [-0.2, -0.15) is 9.78 Å². The number of hydrogen-bond donors (Lipinski definition) is 3. The van der Waals surface area contributed by atoms with Gasteiger partial charge in [0.05, 0.1) is 6.61 Å². The molecule has 110 valence electrons. The van der Waals surface area contributed by atoms with E-state index in [-0.39, 0.29) is 6.54 Å². The minimum Gasteiger partial charge on any atom is -0.394 e. The van der Waals surface area contributed by atoms with E-state index in [4.69, 9.17) is 9.84 Å². The number of aliphatic hydroxyl groups is 3. The summed E-state index contributed by atoms with van der Waals surface area (Å²) >= 11 is 0. The molecule has 9 heteroatoms. The topological polar surface area (TPSA) is 127 Å². The second kappa shape index (κ2) is 5.67. The van der Waals surface area contributed by atoms with Crippen molar-refractivity contribution in [2.45, 2.75) is 31.1 Å². The third-order valence-electron chi connectivity index (χ3n) is 3.06. The second-order valence-electron chi connectivity index (χ2n) is 4.34. The molecule has 2 rings (SSSR count). The first-order valence-corrected chi connectivity index (χ1v) is 5.93. The van der Waals surface area contributed by atoms with Gasteiger partial charge < -0.3 is 20.1 Å². The van der Waals surface area contributed by atoms with Crippen LogP contribution in [0.15, 0.2) is 28.4 Å². The summed E-state index contributed by atoms with van der Waals surface area (Å²) in [4.78, 5) is 23.6. The van der Waals surface area contributed by atoms with E-state index in [1.807, 2.05) is 0 Å². The Labute approximate surface area is 113 Å². The fourth-order valence-corrected chi connectivity index (χ4v) is 2.00. The van der Waals surface area contributed by atoms with Gasteiger partial charge in [0.2, 0.25) is 0 Å².